The zero-order chi connectivity index (χ0) is 18.8. The predicted octanol–water partition coefficient (Wildman–Crippen LogP) is 3.64. The monoisotopic (exact) mass is 381 g/mol. The van der Waals surface area contributed by atoms with Crippen molar-refractivity contribution in [1.29, 1.82) is 0 Å². The summed E-state index contributed by atoms with van der Waals surface area (Å²) in [6, 6.07) is 7.54. The van der Waals surface area contributed by atoms with Gasteiger partial charge in [0.15, 0.2) is 0 Å². The van der Waals surface area contributed by atoms with Gasteiger partial charge < -0.3 is 19.4 Å². The average Bonchev–Trinajstić information content (AvgIpc) is 3.34. The smallest absolute Gasteiger partial charge is 0.148 e. The van der Waals surface area contributed by atoms with E-state index in [1.807, 2.05) is 47.5 Å². The van der Waals surface area contributed by atoms with E-state index in [-0.39, 0.29) is 6.04 Å². The highest BCUT2D eigenvalue weighted by molar-refractivity contribution is 7.17. The zero-order valence-corrected chi connectivity index (χ0v) is 16.0. The molecule has 0 saturated carbocycles. The van der Waals surface area contributed by atoms with Crippen LogP contribution in [0.2, 0.25) is 0 Å². The van der Waals surface area contributed by atoms with E-state index in [9.17, 15) is 0 Å². The third-order valence-corrected chi connectivity index (χ3v) is 5.26. The highest BCUT2D eigenvalue weighted by Gasteiger charge is 2.22. The van der Waals surface area contributed by atoms with E-state index in [0.717, 1.165) is 27.4 Å². The van der Waals surface area contributed by atoms with Gasteiger partial charge in [0.2, 0.25) is 0 Å². The number of hydrogen-bond acceptors (Lipinski definition) is 7. The molecule has 0 fully saturated rings. The average molecular weight is 381 g/mol. The molecule has 1 unspecified atom stereocenters. The lowest BCUT2D eigenvalue weighted by atomic mass is 10.0. The summed E-state index contributed by atoms with van der Waals surface area (Å²) in [7, 11) is 5.25. The number of hydrogen-bond donors (Lipinski definition) is 1. The molecule has 4 rings (SSSR count). The van der Waals surface area contributed by atoms with Crippen LogP contribution in [0, 0.1) is 0 Å². The predicted molar refractivity (Wildman–Crippen MR) is 106 cm³/mol. The van der Waals surface area contributed by atoms with Gasteiger partial charge in [-0.05, 0) is 29.1 Å². The molecule has 0 radical (unpaired) electrons. The lowest BCUT2D eigenvalue weighted by Gasteiger charge is -2.21. The molecule has 27 heavy (non-hydrogen) atoms. The lowest BCUT2D eigenvalue weighted by Crippen LogP contribution is -2.17. The summed E-state index contributed by atoms with van der Waals surface area (Å²) in [6.45, 7) is 0. The summed E-state index contributed by atoms with van der Waals surface area (Å²) >= 11 is 1.60. The number of benzene rings is 1. The van der Waals surface area contributed by atoms with Crippen molar-refractivity contribution in [2.24, 2.45) is 7.05 Å². The van der Waals surface area contributed by atoms with Crippen molar-refractivity contribution in [3.8, 4) is 11.5 Å². The summed E-state index contributed by atoms with van der Waals surface area (Å²) in [6.07, 6.45) is 5.27. The Bertz CT molecular complexity index is 1050. The topological polar surface area (TPSA) is 74.1 Å². The van der Waals surface area contributed by atoms with Crippen LogP contribution in [0.3, 0.4) is 0 Å². The van der Waals surface area contributed by atoms with Crippen molar-refractivity contribution in [3.05, 3.63) is 59.8 Å². The number of aromatic nitrogens is 4. The molecule has 8 heteroatoms. The second kappa shape index (κ2) is 7.24. The van der Waals surface area contributed by atoms with Gasteiger partial charge in [0.1, 0.15) is 35.5 Å². The number of thiophene rings is 1. The fraction of sp³-hybridized carbons (Fsp3) is 0.211. The summed E-state index contributed by atoms with van der Waals surface area (Å²) in [5.41, 5.74) is 1.88. The molecule has 0 aliphatic carbocycles. The van der Waals surface area contributed by atoms with Crippen molar-refractivity contribution >= 4 is 27.4 Å². The Balaban J connectivity index is 1.83. The fourth-order valence-corrected chi connectivity index (χ4v) is 3.77. The number of ether oxygens (including phenoxy) is 2. The van der Waals surface area contributed by atoms with E-state index in [4.69, 9.17) is 9.47 Å². The summed E-state index contributed by atoms with van der Waals surface area (Å²) < 4.78 is 13.9. The number of anilines is 1. The van der Waals surface area contributed by atoms with Gasteiger partial charge in [0.05, 0.1) is 24.4 Å². The van der Waals surface area contributed by atoms with Gasteiger partial charge in [-0.25, -0.2) is 15.0 Å². The van der Waals surface area contributed by atoms with Crippen LogP contribution in [-0.4, -0.2) is 33.7 Å². The molecule has 4 aromatic rings. The molecule has 0 aliphatic rings. The Kier molecular flexibility index (Phi) is 4.64. The van der Waals surface area contributed by atoms with Gasteiger partial charge in [0.25, 0.3) is 0 Å². The van der Waals surface area contributed by atoms with Crippen molar-refractivity contribution in [3.63, 3.8) is 0 Å². The second-order valence-corrected chi connectivity index (χ2v) is 6.89. The van der Waals surface area contributed by atoms with E-state index in [1.165, 1.54) is 0 Å². The Morgan fingerprint density at radius 1 is 1.07 bits per heavy atom. The number of imidazole rings is 1. The normalized spacial score (nSPS) is 12.1. The van der Waals surface area contributed by atoms with E-state index in [0.29, 0.717) is 11.5 Å². The summed E-state index contributed by atoms with van der Waals surface area (Å²) in [4.78, 5) is 13.3. The largest absolute Gasteiger partial charge is 0.497 e. The van der Waals surface area contributed by atoms with E-state index < -0.39 is 0 Å². The lowest BCUT2D eigenvalue weighted by molar-refractivity contribution is 0.393. The maximum absolute atomic E-state index is 5.44. The molecule has 0 amide bonds. The van der Waals surface area contributed by atoms with Gasteiger partial charge in [-0.15, -0.1) is 11.3 Å². The van der Waals surface area contributed by atoms with E-state index in [2.05, 4.69) is 20.3 Å². The minimum Gasteiger partial charge on any atom is -0.497 e. The van der Waals surface area contributed by atoms with Crippen LogP contribution in [0.5, 0.6) is 11.5 Å². The number of nitrogens with one attached hydrogen (secondary N) is 1. The molecule has 138 valence electrons. The molecule has 0 aliphatic heterocycles. The highest BCUT2D eigenvalue weighted by Crippen LogP contribution is 2.34. The number of aryl methyl sites for hydroxylation is 1. The van der Waals surface area contributed by atoms with Gasteiger partial charge in [0, 0.05) is 25.5 Å². The first kappa shape index (κ1) is 17.3. The maximum Gasteiger partial charge on any atom is 0.148 e. The highest BCUT2D eigenvalue weighted by atomic mass is 32.1. The summed E-state index contributed by atoms with van der Waals surface area (Å²) in [5, 5.41) is 5.54. The summed E-state index contributed by atoms with van der Waals surface area (Å²) in [5.74, 6) is 3.06. The molecule has 3 heterocycles. The minimum absolute atomic E-state index is 0.241. The van der Waals surface area contributed by atoms with Crippen LogP contribution in [0.25, 0.3) is 10.2 Å². The standard InChI is InChI=1S/C19H19N5O2S/c1-24-6-5-20-19(24)16(12-8-13(25-2)10-14(9-12)26-3)23-18-17-15(4-7-27-17)21-11-22-18/h4-11,16H,1-3H3,(H,21,22,23). The third-order valence-electron chi connectivity index (χ3n) is 4.35. The van der Waals surface area contributed by atoms with E-state index >= 15 is 0 Å². The minimum atomic E-state index is -0.241. The van der Waals surface area contributed by atoms with Gasteiger partial charge >= 0.3 is 0 Å². The molecule has 1 atom stereocenters. The van der Waals surface area contributed by atoms with Crippen LogP contribution in [0.15, 0.2) is 48.4 Å². The molecular formula is C19H19N5O2S. The molecular weight excluding hydrogens is 362 g/mol. The molecule has 0 spiro atoms. The van der Waals surface area contributed by atoms with E-state index in [1.54, 1.807) is 38.1 Å². The van der Waals surface area contributed by atoms with Gasteiger partial charge in [-0.2, -0.15) is 0 Å². The number of nitrogens with zero attached hydrogens (tertiary/aromatic N) is 4. The Morgan fingerprint density at radius 2 is 1.85 bits per heavy atom. The molecule has 1 aromatic carbocycles. The first-order chi connectivity index (χ1) is 13.2. The Labute approximate surface area is 160 Å². The third kappa shape index (κ3) is 3.31. The Hall–Kier alpha value is -3.13. The SMILES string of the molecule is COc1cc(OC)cc(C(Nc2ncnc3ccsc23)c2nccn2C)c1. The van der Waals surface area contributed by atoms with Crippen LogP contribution < -0.4 is 14.8 Å². The number of rotatable bonds is 6. The van der Waals surface area contributed by atoms with Crippen molar-refractivity contribution in [2.45, 2.75) is 6.04 Å². The van der Waals surface area contributed by atoms with Crippen molar-refractivity contribution in [2.75, 3.05) is 19.5 Å². The van der Waals surface area contributed by atoms with Gasteiger partial charge in [-0.1, -0.05) is 0 Å². The van der Waals surface area contributed by atoms with Crippen LogP contribution in [0.1, 0.15) is 17.4 Å². The van der Waals surface area contributed by atoms with Crippen LogP contribution in [0.4, 0.5) is 5.82 Å². The molecule has 0 saturated heterocycles. The first-order valence-electron chi connectivity index (χ1n) is 8.34. The molecule has 0 bridgehead atoms. The fourth-order valence-electron chi connectivity index (χ4n) is 2.98. The molecule has 3 aromatic heterocycles. The second-order valence-electron chi connectivity index (χ2n) is 5.98. The van der Waals surface area contributed by atoms with Crippen LogP contribution >= 0.6 is 11.3 Å². The van der Waals surface area contributed by atoms with Crippen molar-refractivity contribution < 1.29 is 9.47 Å². The molecule has 1 N–H and O–H groups in total. The van der Waals surface area contributed by atoms with Crippen molar-refractivity contribution in [1.82, 2.24) is 19.5 Å². The first-order valence-corrected chi connectivity index (χ1v) is 9.22. The maximum atomic E-state index is 5.44. The van der Waals surface area contributed by atoms with Gasteiger partial charge in [-0.3, -0.25) is 0 Å². The Morgan fingerprint density at radius 3 is 2.52 bits per heavy atom. The zero-order valence-electron chi connectivity index (χ0n) is 15.2. The molecule has 7 nitrogen and oxygen atoms in total. The quantitative estimate of drug-likeness (QED) is 0.550. The number of fused-ring (bicyclic) bond motifs is 1. The van der Waals surface area contributed by atoms with Crippen LogP contribution in [-0.2, 0) is 7.05 Å². The number of methoxy groups -OCH3 is 2.